The first-order chi connectivity index (χ1) is 12.6. The highest BCUT2D eigenvalue weighted by atomic mass is 15.3. The predicted octanol–water partition coefficient (Wildman–Crippen LogP) is 4.38. The molecule has 2 N–H and O–H groups in total. The van der Waals surface area contributed by atoms with Crippen molar-refractivity contribution in [1.29, 1.82) is 0 Å². The van der Waals surface area contributed by atoms with Gasteiger partial charge in [-0.25, -0.2) is 0 Å². The number of para-hydroxylation sites is 1. The van der Waals surface area contributed by atoms with Gasteiger partial charge in [0.15, 0.2) is 0 Å². The summed E-state index contributed by atoms with van der Waals surface area (Å²) in [6, 6.07) is 18.8. The van der Waals surface area contributed by atoms with E-state index in [0.717, 1.165) is 48.9 Å². The lowest BCUT2D eigenvalue weighted by atomic mass is 10.2. The standard InChI is InChI=1S/C22H28N4/c1-18(2)25-13-15-26(16-14-25)22-11-9-21(10-12-22)24-19(3)17-23-20-7-5-4-6-8-20/h4-12,23-24H,1,3,13-17H2,2H3. The Hall–Kier alpha value is -2.88. The minimum atomic E-state index is 0.689. The van der Waals surface area contributed by atoms with Gasteiger partial charge in [0.25, 0.3) is 0 Å². The molecule has 1 heterocycles. The topological polar surface area (TPSA) is 30.5 Å². The molecule has 26 heavy (non-hydrogen) atoms. The summed E-state index contributed by atoms with van der Waals surface area (Å²) in [6.45, 7) is 15.1. The van der Waals surface area contributed by atoms with Crippen LogP contribution in [0.25, 0.3) is 0 Å². The number of nitrogens with zero attached hydrogens (tertiary/aromatic N) is 2. The third-order valence-electron chi connectivity index (χ3n) is 4.65. The zero-order chi connectivity index (χ0) is 18.4. The number of allylic oxidation sites excluding steroid dienone is 1. The van der Waals surface area contributed by atoms with Crippen LogP contribution in [0.2, 0.25) is 0 Å². The van der Waals surface area contributed by atoms with Crippen molar-refractivity contribution in [3.63, 3.8) is 0 Å². The number of benzene rings is 2. The van der Waals surface area contributed by atoms with E-state index >= 15 is 0 Å². The quantitative estimate of drug-likeness (QED) is 0.777. The van der Waals surface area contributed by atoms with Gasteiger partial charge in [-0.15, -0.1) is 0 Å². The third-order valence-corrected chi connectivity index (χ3v) is 4.65. The van der Waals surface area contributed by atoms with Crippen LogP contribution in [0.3, 0.4) is 0 Å². The maximum Gasteiger partial charge on any atom is 0.0545 e. The van der Waals surface area contributed by atoms with Crippen LogP contribution < -0.4 is 15.5 Å². The van der Waals surface area contributed by atoms with Crippen molar-refractivity contribution in [3.8, 4) is 0 Å². The molecule has 0 radical (unpaired) electrons. The molecule has 4 nitrogen and oxygen atoms in total. The summed E-state index contributed by atoms with van der Waals surface area (Å²) in [5.74, 6) is 0. The lowest BCUT2D eigenvalue weighted by Crippen LogP contribution is -2.45. The molecule has 1 aliphatic rings. The van der Waals surface area contributed by atoms with Crippen molar-refractivity contribution in [1.82, 2.24) is 4.90 Å². The second-order valence-corrected chi connectivity index (χ2v) is 6.70. The van der Waals surface area contributed by atoms with Crippen LogP contribution in [0.5, 0.6) is 0 Å². The van der Waals surface area contributed by atoms with Gasteiger partial charge in [0.2, 0.25) is 0 Å². The SMILES string of the molecule is C=C(CNc1ccccc1)Nc1ccc(N2CCN(C(=C)C)CC2)cc1. The van der Waals surface area contributed by atoms with Gasteiger partial charge < -0.3 is 20.4 Å². The summed E-state index contributed by atoms with van der Waals surface area (Å²) in [5, 5.41) is 6.73. The molecule has 0 bridgehead atoms. The fourth-order valence-electron chi connectivity index (χ4n) is 3.12. The molecule has 1 saturated heterocycles. The summed E-state index contributed by atoms with van der Waals surface area (Å²) in [5.41, 5.74) is 5.53. The van der Waals surface area contributed by atoms with E-state index in [-0.39, 0.29) is 0 Å². The van der Waals surface area contributed by atoms with Crippen molar-refractivity contribution in [2.24, 2.45) is 0 Å². The Bertz CT molecular complexity index is 728. The van der Waals surface area contributed by atoms with Crippen molar-refractivity contribution >= 4 is 17.1 Å². The van der Waals surface area contributed by atoms with E-state index in [1.54, 1.807) is 0 Å². The molecule has 3 rings (SSSR count). The van der Waals surface area contributed by atoms with E-state index in [1.165, 1.54) is 5.69 Å². The van der Waals surface area contributed by atoms with E-state index in [0.29, 0.717) is 6.54 Å². The van der Waals surface area contributed by atoms with Crippen molar-refractivity contribution in [2.75, 3.05) is 48.3 Å². The maximum atomic E-state index is 4.10. The minimum Gasteiger partial charge on any atom is -0.379 e. The molecule has 0 atom stereocenters. The van der Waals surface area contributed by atoms with Gasteiger partial charge in [-0.1, -0.05) is 31.4 Å². The molecule has 2 aromatic carbocycles. The Morgan fingerprint density at radius 3 is 2.15 bits per heavy atom. The zero-order valence-electron chi connectivity index (χ0n) is 15.5. The third kappa shape index (κ3) is 4.82. The predicted molar refractivity (Wildman–Crippen MR) is 113 cm³/mol. The van der Waals surface area contributed by atoms with E-state index < -0.39 is 0 Å². The summed E-state index contributed by atoms with van der Waals surface area (Å²) in [4.78, 5) is 4.77. The molecule has 0 saturated carbocycles. The number of rotatable bonds is 7. The number of anilines is 3. The summed E-state index contributed by atoms with van der Waals surface area (Å²) >= 11 is 0. The molecule has 1 aliphatic heterocycles. The van der Waals surface area contributed by atoms with Crippen LogP contribution in [0.15, 0.2) is 79.1 Å². The fraction of sp³-hybridized carbons (Fsp3) is 0.273. The van der Waals surface area contributed by atoms with E-state index in [4.69, 9.17) is 0 Å². The first-order valence-electron chi connectivity index (χ1n) is 9.11. The van der Waals surface area contributed by atoms with Gasteiger partial charge in [-0.2, -0.15) is 0 Å². The average Bonchev–Trinajstić information content (AvgIpc) is 2.68. The first kappa shape index (κ1) is 17.9. The highest BCUT2D eigenvalue weighted by Gasteiger charge is 2.16. The molecular weight excluding hydrogens is 320 g/mol. The van der Waals surface area contributed by atoms with Crippen LogP contribution in [-0.4, -0.2) is 37.6 Å². The van der Waals surface area contributed by atoms with Crippen molar-refractivity contribution in [3.05, 3.63) is 79.1 Å². The van der Waals surface area contributed by atoms with Crippen LogP contribution in [-0.2, 0) is 0 Å². The average molecular weight is 348 g/mol. The Labute approximate surface area is 156 Å². The number of piperazine rings is 1. The fourth-order valence-corrected chi connectivity index (χ4v) is 3.12. The molecule has 0 spiro atoms. The van der Waals surface area contributed by atoms with Gasteiger partial charge in [0.1, 0.15) is 0 Å². The largest absolute Gasteiger partial charge is 0.379 e. The Morgan fingerprint density at radius 2 is 1.54 bits per heavy atom. The highest BCUT2D eigenvalue weighted by molar-refractivity contribution is 5.57. The minimum absolute atomic E-state index is 0.689. The molecule has 2 aromatic rings. The van der Waals surface area contributed by atoms with Crippen LogP contribution >= 0.6 is 0 Å². The molecule has 1 fully saturated rings. The first-order valence-corrected chi connectivity index (χ1v) is 9.11. The highest BCUT2D eigenvalue weighted by Crippen LogP contribution is 2.21. The van der Waals surface area contributed by atoms with Crippen molar-refractivity contribution < 1.29 is 0 Å². The number of hydrogen-bond acceptors (Lipinski definition) is 4. The molecule has 0 unspecified atom stereocenters. The maximum absolute atomic E-state index is 4.10. The smallest absolute Gasteiger partial charge is 0.0545 e. The van der Waals surface area contributed by atoms with E-state index in [1.807, 2.05) is 18.2 Å². The second-order valence-electron chi connectivity index (χ2n) is 6.70. The van der Waals surface area contributed by atoms with Crippen molar-refractivity contribution in [2.45, 2.75) is 6.92 Å². The zero-order valence-corrected chi connectivity index (χ0v) is 15.5. The normalized spacial score (nSPS) is 14.0. The van der Waals surface area contributed by atoms with Gasteiger partial charge in [0, 0.05) is 54.6 Å². The summed E-state index contributed by atoms with van der Waals surface area (Å²) < 4.78 is 0. The molecular formula is C22H28N4. The van der Waals surface area contributed by atoms with Gasteiger partial charge in [-0.3, -0.25) is 0 Å². The Kier molecular flexibility index (Phi) is 5.84. The van der Waals surface area contributed by atoms with E-state index in [2.05, 4.69) is 76.9 Å². The molecule has 136 valence electrons. The second kappa shape index (κ2) is 8.48. The van der Waals surface area contributed by atoms with Gasteiger partial charge in [0.05, 0.1) is 6.54 Å². The molecule has 4 heteroatoms. The Morgan fingerprint density at radius 1 is 0.885 bits per heavy atom. The van der Waals surface area contributed by atoms with Gasteiger partial charge in [-0.05, 0) is 43.3 Å². The van der Waals surface area contributed by atoms with E-state index in [9.17, 15) is 0 Å². The Balaban J connectivity index is 1.48. The summed E-state index contributed by atoms with van der Waals surface area (Å²) in [7, 11) is 0. The molecule has 0 amide bonds. The lowest BCUT2D eigenvalue weighted by Gasteiger charge is -2.37. The van der Waals surface area contributed by atoms with Crippen LogP contribution in [0, 0.1) is 0 Å². The lowest BCUT2D eigenvalue weighted by molar-refractivity contribution is 0.323. The number of hydrogen-bond donors (Lipinski definition) is 2. The monoisotopic (exact) mass is 348 g/mol. The molecule has 0 aliphatic carbocycles. The molecule has 0 aromatic heterocycles. The number of nitrogens with one attached hydrogen (secondary N) is 2. The van der Waals surface area contributed by atoms with Crippen LogP contribution in [0.4, 0.5) is 17.1 Å². The van der Waals surface area contributed by atoms with Gasteiger partial charge >= 0.3 is 0 Å². The van der Waals surface area contributed by atoms with Crippen LogP contribution in [0.1, 0.15) is 6.92 Å². The summed E-state index contributed by atoms with van der Waals surface area (Å²) in [6.07, 6.45) is 0.